The van der Waals surface area contributed by atoms with Gasteiger partial charge < -0.3 is 0 Å². The van der Waals surface area contributed by atoms with Crippen LogP contribution in [0, 0.1) is 0 Å². The predicted octanol–water partition coefficient (Wildman–Crippen LogP) is 7.86. The number of hydrogen-bond acceptors (Lipinski definition) is 3. The summed E-state index contributed by atoms with van der Waals surface area (Å²) < 4.78 is 1.98. The highest BCUT2D eigenvalue weighted by Gasteiger charge is 2.42. The molecule has 0 radical (unpaired) electrons. The van der Waals surface area contributed by atoms with Crippen LogP contribution in [0.3, 0.4) is 0 Å². The number of benzene rings is 5. The van der Waals surface area contributed by atoms with Crippen LogP contribution in [-0.4, -0.2) is 26.0 Å². The zero-order valence-electron chi connectivity index (χ0n) is 21.0. The highest BCUT2D eigenvalue weighted by atomic mass is 79.9. The standard InChI is InChI=1S/C32H24N4.CH3Br/c1-5-15-25(16-6-1)29-23-13-14-24-30(29)31-33-34-35-36(31)32(26-17-7-2-8-18-26,27-19-9-3-10-20-27)28-21-11-4-12-22-28;1-2/h1-24H;1H3. The average molecular weight is 560 g/mol. The lowest BCUT2D eigenvalue weighted by Gasteiger charge is -2.36. The Balaban J connectivity index is 0.00000144. The number of tetrazole rings is 1. The van der Waals surface area contributed by atoms with E-state index in [9.17, 15) is 0 Å². The van der Waals surface area contributed by atoms with E-state index in [4.69, 9.17) is 0 Å². The van der Waals surface area contributed by atoms with Crippen molar-refractivity contribution in [1.29, 1.82) is 0 Å². The monoisotopic (exact) mass is 558 g/mol. The topological polar surface area (TPSA) is 43.6 Å². The molecule has 0 fully saturated rings. The third-order valence-electron chi connectivity index (χ3n) is 6.61. The van der Waals surface area contributed by atoms with Crippen LogP contribution in [0.1, 0.15) is 16.7 Å². The summed E-state index contributed by atoms with van der Waals surface area (Å²) in [6, 6.07) is 50.1. The molecule has 0 aliphatic carbocycles. The summed E-state index contributed by atoms with van der Waals surface area (Å²) >= 11 is 2.94. The summed E-state index contributed by atoms with van der Waals surface area (Å²) in [6.07, 6.45) is 0. The zero-order valence-corrected chi connectivity index (χ0v) is 22.6. The highest BCUT2D eigenvalue weighted by molar-refractivity contribution is 9.08. The van der Waals surface area contributed by atoms with Crippen molar-refractivity contribution in [3.05, 3.63) is 162 Å². The first-order valence-corrected chi connectivity index (χ1v) is 14.0. The Kier molecular flexibility index (Phi) is 7.86. The number of nitrogens with zero attached hydrogens (tertiary/aromatic N) is 4. The van der Waals surface area contributed by atoms with Gasteiger partial charge in [0.25, 0.3) is 0 Å². The van der Waals surface area contributed by atoms with Gasteiger partial charge in [-0.25, -0.2) is 4.68 Å². The third kappa shape index (κ3) is 4.57. The quantitative estimate of drug-likeness (QED) is 0.154. The van der Waals surface area contributed by atoms with E-state index >= 15 is 0 Å². The molecule has 38 heavy (non-hydrogen) atoms. The van der Waals surface area contributed by atoms with Crippen LogP contribution in [0.4, 0.5) is 0 Å². The molecule has 0 amide bonds. The fraction of sp³-hybridized carbons (Fsp3) is 0.0606. The zero-order chi connectivity index (χ0) is 26.2. The van der Waals surface area contributed by atoms with Crippen molar-refractivity contribution in [2.75, 3.05) is 5.83 Å². The second-order valence-corrected chi connectivity index (χ2v) is 8.63. The molecule has 6 rings (SSSR count). The van der Waals surface area contributed by atoms with Gasteiger partial charge in [0.05, 0.1) is 0 Å². The molecule has 0 atom stereocenters. The van der Waals surface area contributed by atoms with Crippen LogP contribution >= 0.6 is 15.9 Å². The maximum atomic E-state index is 4.68. The average Bonchev–Trinajstić information content (AvgIpc) is 3.51. The number of hydrogen-bond donors (Lipinski definition) is 0. The molecule has 186 valence electrons. The summed E-state index contributed by atoms with van der Waals surface area (Å²) in [5, 5.41) is 13.5. The van der Waals surface area contributed by atoms with E-state index < -0.39 is 5.54 Å². The van der Waals surface area contributed by atoms with E-state index in [1.54, 1.807) is 0 Å². The maximum Gasteiger partial charge on any atom is 0.184 e. The Bertz CT molecular complexity index is 1470. The minimum atomic E-state index is -0.785. The van der Waals surface area contributed by atoms with E-state index in [-0.39, 0.29) is 0 Å². The van der Waals surface area contributed by atoms with Crippen molar-refractivity contribution in [3.63, 3.8) is 0 Å². The normalized spacial score (nSPS) is 10.9. The lowest BCUT2D eigenvalue weighted by atomic mass is 9.77. The summed E-state index contributed by atoms with van der Waals surface area (Å²) in [5.74, 6) is 2.51. The molecular weight excluding hydrogens is 532 g/mol. The molecule has 1 aromatic heterocycles. The van der Waals surface area contributed by atoms with Gasteiger partial charge in [-0.05, 0) is 44.1 Å². The number of rotatable bonds is 6. The van der Waals surface area contributed by atoms with Gasteiger partial charge in [-0.15, -0.1) is 5.10 Å². The van der Waals surface area contributed by atoms with Crippen LogP contribution in [0.5, 0.6) is 0 Å². The SMILES string of the molecule is CBr.c1ccc(-c2ccccc2-c2nnnn2C(c2ccccc2)(c2ccccc2)c2ccccc2)cc1. The lowest BCUT2D eigenvalue weighted by molar-refractivity contribution is 0.451. The molecule has 1 heterocycles. The first kappa shape index (κ1) is 25.3. The van der Waals surface area contributed by atoms with E-state index in [0.717, 1.165) is 33.4 Å². The molecule has 0 bridgehead atoms. The van der Waals surface area contributed by atoms with Crippen LogP contribution in [0.25, 0.3) is 22.5 Å². The van der Waals surface area contributed by atoms with Crippen molar-refractivity contribution in [2.45, 2.75) is 5.54 Å². The molecule has 0 saturated carbocycles. The Morgan fingerprint density at radius 1 is 0.500 bits per heavy atom. The number of aromatic nitrogens is 4. The molecule has 0 unspecified atom stereocenters. The first-order valence-electron chi connectivity index (χ1n) is 12.4. The molecule has 0 spiro atoms. The van der Waals surface area contributed by atoms with Crippen molar-refractivity contribution in [3.8, 4) is 22.5 Å². The van der Waals surface area contributed by atoms with Gasteiger partial charge in [0.1, 0.15) is 5.54 Å². The van der Waals surface area contributed by atoms with Crippen molar-refractivity contribution in [2.24, 2.45) is 0 Å². The van der Waals surface area contributed by atoms with Crippen molar-refractivity contribution < 1.29 is 0 Å². The van der Waals surface area contributed by atoms with Crippen molar-refractivity contribution in [1.82, 2.24) is 20.2 Å². The second-order valence-electron chi connectivity index (χ2n) is 8.63. The van der Waals surface area contributed by atoms with Gasteiger partial charge in [-0.3, -0.25) is 0 Å². The molecule has 0 aliphatic rings. The molecule has 4 nitrogen and oxygen atoms in total. The molecular formula is C33H27BrN4. The fourth-order valence-electron chi connectivity index (χ4n) is 5.03. The van der Waals surface area contributed by atoms with Crippen LogP contribution in [0.15, 0.2) is 146 Å². The van der Waals surface area contributed by atoms with E-state index in [1.807, 2.05) is 40.8 Å². The van der Waals surface area contributed by atoms with Gasteiger partial charge in [0.2, 0.25) is 0 Å². The minimum absolute atomic E-state index is 0.700. The number of alkyl halides is 1. The number of halogens is 1. The molecule has 6 aromatic rings. The van der Waals surface area contributed by atoms with E-state index in [1.165, 1.54) is 0 Å². The molecule has 5 aromatic carbocycles. The smallest absolute Gasteiger partial charge is 0.184 e. The first-order chi connectivity index (χ1) is 18.9. The maximum absolute atomic E-state index is 4.68. The molecule has 0 N–H and O–H groups in total. The van der Waals surface area contributed by atoms with Crippen LogP contribution in [-0.2, 0) is 5.54 Å². The predicted molar refractivity (Wildman–Crippen MR) is 158 cm³/mol. The largest absolute Gasteiger partial charge is 0.205 e. The second kappa shape index (κ2) is 11.8. The molecule has 5 heteroatoms. The van der Waals surface area contributed by atoms with Gasteiger partial charge in [0, 0.05) is 5.56 Å². The summed E-state index contributed by atoms with van der Waals surface area (Å²) in [4.78, 5) is 0. The van der Waals surface area contributed by atoms with Gasteiger partial charge in [-0.2, -0.15) is 0 Å². The summed E-state index contributed by atoms with van der Waals surface area (Å²) in [6.45, 7) is 0. The summed E-state index contributed by atoms with van der Waals surface area (Å²) in [7, 11) is 0. The Hall–Kier alpha value is -4.35. The molecule has 0 aliphatic heterocycles. The van der Waals surface area contributed by atoms with E-state index in [0.29, 0.717) is 5.82 Å². The van der Waals surface area contributed by atoms with Crippen LogP contribution in [0.2, 0.25) is 0 Å². The van der Waals surface area contributed by atoms with Crippen LogP contribution < -0.4 is 0 Å². The van der Waals surface area contributed by atoms with Crippen molar-refractivity contribution >= 4 is 15.9 Å². The summed E-state index contributed by atoms with van der Waals surface area (Å²) in [5.41, 5.74) is 5.62. The Morgan fingerprint density at radius 3 is 1.37 bits per heavy atom. The van der Waals surface area contributed by atoms with E-state index in [2.05, 4.69) is 147 Å². The Labute approximate surface area is 231 Å². The van der Waals surface area contributed by atoms with Gasteiger partial charge >= 0.3 is 0 Å². The fourth-order valence-corrected chi connectivity index (χ4v) is 5.03. The third-order valence-corrected chi connectivity index (χ3v) is 6.61. The van der Waals surface area contributed by atoms with Gasteiger partial charge in [-0.1, -0.05) is 162 Å². The lowest BCUT2D eigenvalue weighted by Crippen LogP contribution is -2.39. The van der Waals surface area contributed by atoms with Gasteiger partial charge in [0.15, 0.2) is 5.82 Å². The Morgan fingerprint density at radius 2 is 0.895 bits per heavy atom. The molecule has 0 saturated heterocycles. The highest BCUT2D eigenvalue weighted by Crippen LogP contribution is 2.43. The minimum Gasteiger partial charge on any atom is -0.205 e.